The molecule has 1 aliphatic rings. The van der Waals surface area contributed by atoms with Crippen molar-refractivity contribution >= 4 is 11.9 Å². The second kappa shape index (κ2) is 3.53. The summed E-state index contributed by atoms with van der Waals surface area (Å²) in [6.45, 7) is 0. The largest absolute Gasteiger partial charge is 0.459 e. The molecule has 1 aromatic rings. The summed E-state index contributed by atoms with van der Waals surface area (Å²) in [5, 5.41) is 4.81. The van der Waals surface area contributed by atoms with Crippen molar-refractivity contribution in [2.75, 3.05) is 0 Å². The third kappa shape index (κ3) is 2.12. The van der Waals surface area contributed by atoms with Gasteiger partial charge in [0.2, 0.25) is 0 Å². The Morgan fingerprint density at radius 3 is 2.79 bits per heavy atom. The van der Waals surface area contributed by atoms with E-state index < -0.39 is 11.9 Å². The number of furan rings is 1. The lowest BCUT2D eigenvalue weighted by atomic mass is 10.4. The Bertz CT molecular complexity index is 341. The van der Waals surface area contributed by atoms with Crippen molar-refractivity contribution in [1.82, 2.24) is 10.6 Å². The molecule has 0 saturated heterocycles. The first-order valence-corrected chi connectivity index (χ1v) is 4.41. The predicted octanol–water partition coefficient (Wildman–Crippen LogP) is 0.881. The van der Waals surface area contributed by atoms with E-state index in [0.717, 1.165) is 12.8 Å². The van der Waals surface area contributed by atoms with Gasteiger partial charge in [0.1, 0.15) is 0 Å². The van der Waals surface area contributed by atoms with Crippen molar-refractivity contribution in [3.63, 3.8) is 0 Å². The fraction of sp³-hybridized carbons (Fsp3) is 0.333. The molecule has 0 spiro atoms. The lowest BCUT2D eigenvalue weighted by Crippen LogP contribution is -2.40. The van der Waals surface area contributed by atoms with Crippen molar-refractivity contribution in [2.24, 2.45) is 0 Å². The molecule has 14 heavy (non-hydrogen) atoms. The van der Waals surface area contributed by atoms with E-state index in [2.05, 4.69) is 10.6 Å². The second-order valence-electron chi connectivity index (χ2n) is 3.18. The fourth-order valence-electron chi connectivity index (χ4n) is 1.02. The van der Waals surface area contributed by atoms with Gasteiger partial charge in [0.25, 0.3) is 5.91 Å². The van der Waals surface area contributed by atoms with Gasteiger partial charge in [-0.25, -0.2) is 4.79 Å². The van der Waals surface area contributed by atoms with E-state index in [9.17, 15) is 9.59 Å². The van der Waals surface area contributed by atoms with Gasteiger partial charge in [0, 0.05) is 6.04 Å². The first kappa shape index (κ1) is 8.80. The predicted molar refractivity (Wildman–Crippen MR) is 47.7 cm³/mol. The maximum Gasteiger partial charge on any atom is 0.322 e. The van der Waals surface area contributed by atoms with E-state index in [-0.39, 0.29) is 11.8 Å². The molecule has 3 amide bonds. The molecule has 5 heteroatoms. The molecule has 74 valence electrons. The highest BCUT2D eigenvalue weighted by atomic mass is 16.3. The molecule has 1 heterocycles. The Kier molecular flexibility index (Phi) is 2.22. The number of nitrogens with one attached hydrogen (secondary N) is 2. The average Bonchev–Trinajstić information content (AvgIpc) is 2.80. The molecular formula is C9H10N2O3. The molecular weight excluding hydrogens is 184 g/mol. The molecule has 2 rings (SSSR count). The number of rotatable bonds is 2. The summed E-state index contributed by atoms with van der Waals surface area (Å²) in [6.07, 6.45) is 3.36. The monoisotopic (exact) mass is 194 g/mol. The Balaban J connectivity index is 1.84. The van der Waals surface area contributed by atoms with Gasteiger partial charge < -0.3 is 9.73 Å². The second-order valence-corrected chi connectivity index (χ2v) is 3.18. The summed E-state index contributed by atoms with van der Waals surface area (Å²) >= 11 is 0. The summed E-state index contributed by atoms with van der Waals surface area (Å²) in [6, 6.07) is 2.86. The Labute approximate surface area is 80.5 Å². The zero-order valence-electron chi connectivity index (χ0n) is 7.45. The van der Waals surface area contributed by atoms with Crippen LogP contribution in [0.2, 0.25) is 0 Å². The molecule has 5 nitrogen and oxygen atoms in total. The highest BCUT2D eigenvalue weighted by Crippen LogP contribution is 2.18. The van der Waals surface area contributed by atoms with Crippen molar-refractivity contribution in [1.29, 1.82) is 0 Å². The van der Waals surface area contributed by atoms with E-state index in [4.69, 9.17) is 4.42 Å². The maximum atomic E-state index is 11.3. The van der Waals surface area contributed by atoms with Crippen LogP contribution in [0.3, 0.4) is 0 Å². The van der Waals surface area contributed by atoms with Gasteiger partial charge in [-0.1, -0.05) is 0 Å². The zero-order chi connectivity index (χ0) is 9.97. The van der Waals surface area contributed by atoms with Crippen molar-refractivity contribution < 1.29 is 14.0 Å². The highest BCUT2D eigenvalue weighted by Gasteiger charge is 2.24. The number of hydrogen-bond donors (Lipinski definition) is 2. The molecule has 2 N–H and O–H groups in total. The van der Waals surface area contributed by atoms with Crippen LogP contribution >= 0.6 is 0 Å². The zero-order valence-corrected chi connectivity index (χ0v) is 7.45. The SMILES string of the molecule is O=C(NC(=O)c1ccco1)NC1CC1. The Morgan fingerprint density at radius 1 is 1.43 bits per heavy atom. The number of urea groups is 1. The summed E-state index contributed by atoms with van der Waals surface area (Å²) in [7, 11) is 0. The van der Waals surface area contributed by atoms with E-state index >= 15 is 0 Å². The molecule has 0 aromatic carbocycles. The van der Waals surface area contributed by atoms with Crippen LogP contribution in [-0.4, -0.2) is 18.0 Å². The number of imide groups is 1. The number of amides is 3. The van der Waals surface area contributed by atoms with E-state index in [0.29, 0.717) is 0 Å². The molecule has 1 aliphatic carbocycles. The highest BCUT2D eigenvalue weighted by molar-refractivity contribution is 6.02. The van der Waals surface area contributed by atoms with E-state index in [1.807, 2.05) is 0 Å². The van der Waals surface area contributed by atoms with Gasteiger partial charge >= 0.3 is 6.03 Å². The lowest BCUT2D eigenvalue weighted by molar-refractivity contribution is 0.0936. The summed E-state index contributed by atoms with van der Waals surface area (Å²) in [5.41, 5.74) is 0. The number of carbonyl (C=O) groups is 2. The standard InChI is InChI=1S/C9H10N2O3/c12-8(7-2-1-5-14-7)11-9(13)10-6-3-4-6/h1-2,5-6H,3-4H2,(H2,10,11,12,13). The van der Waals surface area contributed by atoms with Gasteiger partial charge in [0.05, 0.1) is 6.26 Å². The van der Waals surface area contributed by atoms with E-state index in [1.165, 1.54) is 12.3 Å². The third-order valence-electron chi connectivity index (χ3n) is 1.88. The molecule has 1 fully saturated rings. The molecule has 0 unspecified atom stereocenters. The van der Waals surface area contributed by atoms with Crippen LogP contribution in [0, 0.1) is 0 Å². The molecule has 0 radical (unpaired) electrons. The Morgan fingerprint density at radius 2 is 2.21 bits per heavy atom. The van der Waals surface area contributed by atoms with Gasteiger partial charge in [-0.05, 0) is 25.0 Å². The molecule has 0 aliphatic heterocycles. The van der Waals surface area contributed by atoms with Crippen LogP contribution in [0.15, 0.2) is 22.8 Å². The van der Waals surface area contributed by atoms with Crippen molar-refractivity contribution in [2.45, 2.75) is 18.9 Å². The van der Waals surface area contributed by atoms with Crippen LogP contribution in [0.4, 0.5) is 4.79 Å². The number of hydrogen-bond acceptors (Lipinski definition) is 3. The van der Waals surface area contributed by atoms with Gasteiger partial charge in [0.15, 0.2) is 5.76 Å². The minimum atomic E-state index is -0.520. The summed E-state index contributed by atoms with van der Waals surface area (Å²) < 4.78 is 4.82. The first-order chi connectivity index (χ1) is 6.75. The lowest BCUT2D eigenvalue weighted by Gasteiger charge is -2.02. The molecule has 1 aromatic heterocycles. The van der Waals surface area contributed by atoms with Crippen molar-refractivity contribution in [3.8, 4) is 0 Å². The summed E-state index contributed by atoms with van der Waals surface area (Å²) in [5.74, 6) is -0.385. The molecule has 0 bridgehead atoms. The van der Waals surface area contributed by atoms with Gasteiger partial charge in [-0.15, -0.1) is 0 Å². The van der Waals surface area contributed by atoms with Crippen LogP contribution < -0.4 is 10.6 Å². The molecule has 1 saturated carbocycles. The Hall–Kier alpha value is -1.78. The topological polar surface area (TPSA) is 71.3 Å². The van der Waals surface area contributed by atoms with Gasteiger partial charge in [-0.2, -0.15) is 0 Å². The minimum Gasteiger partial charge on any atom is -0.459 e. The van der Waals surface area contributed by atoms with E-state index in [1.54, 1.807) is 6.07 Å². The van der Waals surface area contributed by atoms with Crippen LogP contribution in [0.5, 0.6) is 0 Å². The number of carbonyl (C=O) groups excluding carboxylic acids is 2. The van der Waals surface area contributed by atoms with Crippen LogP contribution in [0.25, 0.3) is 0 Å². The van der Waals surface area contributed by atoms with Crippen molar-refractivity contribution in [3.05, 3.63) is 24.2 Å². The first-order valence-electron chi connectivity index (χ1n) is 4.41. The third-order valence-corrected chi connectivity index (χ3v) is 1.88. The van der Waals surface area contributed by atoms with Crippen LogP contribution in [0.1, 0.15) is 23.4 Å². The molecule has 0 atom stereocenters. The maximum absolute atomic E-state index is 11.3. The van der Waals surface area contributed by atoms with Crippen LogP contribution in [-0.2, 0) is 0 Å². The minimum absolute atomic E-state index is 0.135. The normalized spacial score (nSPS) is 14.9. The summed E-state index contributed by atoms with van der Waals surface area (Å²) in [4.78, 5) is 22.4. The van der Waals surface area contributed by atoms with Gasteiger partial charge in [-0.3, -0.25) is 10.1 Å². The quantitative estimate of drug-likeness (QED) is 0.734. The smallest absolute Gasteiger partial charge is 0.322 e. The average molecular weight is 194 g/mol. The fourth-order valence-corrected chi connectivity index (χ4v) is 1.02.